The van der Waals surface area contributed by atoms with E-state index in [1.807, 2.05) is 6.07 Å². The normalized spacial score (nSPS) is 21.8. The van der Waals surface area contributed by atoms with Gasteiger partial charge in [0.15, 0.2) is 18.0 Å². The molecular formula is C19H28N3O4+. The van der Waals surface area contributed by atoms with Crippen molar-refractivity contribution in [2.75, 3.05) is 46.9 Å². The number of hydrogen-bond acceptors (Lipinski definition) is 4. The van der Waals surface area contributed by atoms with Gasteiger partial charge in [-0.25, -0.2) is 0 Å². The Bertz CT molecular complexity index is 662. The maximum absolute atomic E-state index is 12.2. The lowest BCUT2D eigenvalue weighted by Gasteiger charge is -2.22. The van der Waals surface area contributed by atoms with Crippen molar-refractivity contribution in [3.8, 4) is 11.5 Å². The fraction of sp³-hybridized carbons (Fsp3) is 0.579. The fourth-order valence-corrected chi connectivity index (χ4v) is 3.52. The van der Waals surface area contributed by atoms with Gasteiger partial charge in [-0.1, -0.05) is 0 Å². The lowest BCUT2D eigenvalue weighted by molar-refractivity contribution is -0.910. The van der Waals surface area contributed by atoms with Crippen molar-refractivity contribution in [3.63, 3.8) is 0 Å². The molecule has 0 bridgehead atoms. The average molecular weight is 362 g/mol. The molecule has 7 heteroatoms. The molecule has 0 radical (unpaired) electrons. The number of hydrogen-bond donors (Lipinski definition) is 2. The minimum absolute atomic E-state index is 0.0494. The molecule has 2 aliphatic heterocycles. The molecule has 1 saturated heterocycles. The maximum atomic E-state index is 12.2. The van der Waals surface area contributed by atoms with Crippen LogP contribution in [0, 0.1) is 0 Å². The van der Waals surface area contributed by atoms with Gasteiger partial charge in [-0.3, -0.25) is 9.59 Å². The molecule has 2 N–H and O–H groups in total. The third kappa shape index (κ3) is 4.46. The highest BCUT2D eigenvalue weighted by molar-refractivity contribution is 5.84. The highest BCUT2D eigenvalue weighted by Crippen LogP contribution is 2.33. The van der Waals surface area contributed by atoms with Crippen LogP contribution in [-0.2, 0) is 9.59 Å². The SMILES string of the molecule is CN(C)C(=O)CNC(=O)C[NH+]1CCC[C@H]1c1ccc2c(c1)OCCCO2. The molecule has 142 valence electrons. The summed E-state index contributed by atoms with van der Waals surface area (Å²) in [6.07, 6.45) is 3.01. The van der Waals surface area contributed by atoms with Gasteiger partial charge in [-0.05, 0) is 18.2 Å². The van der Waals surface area contributed by atoms with Crippen molar-refractivity contribution in [2.24, 2.45) is 0 Å². The number of carbonyl (C=O) groups excluding carboxylic acids is 2. The van der Waals surface area contributed by atoms with Gasteiger partial charge in [0, 0.05) is 38.9 Å². The van der Waals surface area contributed by atoms with Crippen molar-refractivity contribution < 1.29 is 24.0 Å². The van der Waals surface area contributed by atoms with Crippen molar-refractivity contribution in [3.05, 3.63) is 23.8 Å². The zero-order chi connectivity index (χ0) is 18.5. The summed E-state index contributed by atoms with van der Waals surface area (Å²) in [4.78, 5) is 26.6. The first kappa shape index (κ1) is 18.5. The number of likely N-dealkylation sites (tertiary alicyclic amines) is 1. The second kappa shape index (κ2) is 8.40. The molecule has 0 aromatic heterocycles. The molecule has 1 unspecified atom stereocenters. The summed E-state index contributed by atoms with van der Waals surface area (Å²) < 4.78 is 11.5. The predicted octanol–water partition coefficient (Wildman–Crippen LogP) is -0.228. The van der Waals surface area contributed by atoms with Crippen LogP contribution in [0.25, 0.3) is 0 Å². The van der Waals surface area contributed by atoms with Crippen LogP contribution in [0.15, 0.2) is 18.2 Å². The molecule has 26 heavy (non-hydrogen) atoms. The summed E-state index contributed by atoms with van der Waals surface area (Å²) in [5.74, 6) is 1.41. The van der Waals surface area contributed by atoms with Crippen molar-refractivity contribution >= 4 is 11.8 Å². The number of nitrogens with zero attached hydrogens (tertiary/aromatic N) is 1. The number of quaternary nitrogens is 1. The third-order valence-corrected chi connectivity index (χ3v) is 4.98. The Hall–Kier alpha value is -2.28. The molecule has 1 fully saturated rings. The van der Waals surface area contributed by atoms with E-state index in [0.717, 1.165) is 37.3 Å². The second-order valence-corrected chi connectivity index (χ2v) is 7.10. The van der Waals surface area contributed by atoms with Crippen LogP contribution in [0.4, 0.5) is 0 Å². The van der Waals surface area contributed by atoms with Crippen LogP contribution in [0.2, 0.25) is 0 Å². The van der Waals surface area contributed by atoms with Crippen molar-refractivity contribution in [1.82, 2.24) is 10.2 Å². The monoisotopic (exact) mass is 362 g/mol. The van der Waals surface area contributed by atoms with Crippen molar-refractivity contribution in [2.45, 2.75) is 25.3 Å². The summed E-state index contributed by atoms with van der Waals surface area (Å²) in [7, 11) is 3.36. The van der Waals surface area contributed by atoms with Gasteiger partial charge < -0.3 is 24.6 Å². The quantitative estimate of drug-likeness (QED) is 0.759. The number of fused-ring (bicyclic) bond motifs is 1. The van der Waals surface area contributed by atoms with E-state index in [0.29, 0.717) is 19.8 Å². The molecule has 0 saturated carbocycles. The molecule has 2 atom stereocenters. The topological polar surface area (TPSA) is 72.3 Å². The standard InChI is InChI=1S/C19H27N3O4/c1-21(2)19(24)12-20-18(23)13-22-8-3-5-15(22)14-6-7-16-17(11-14)26-10-4-9-25-16/h6-7,11,15H,3-5,8-10,12-13H2,1-2H3,(H,20,23)/p+1/t15-/m0/s1. The number of likely N-dealkylation sites (N-methyl/N-ethyl adjacent to an activating group) is 1. The maximum Gasteiger partial charge on any atom is 0.275 e. The Morgan fingerprint density at radius 3 is 2.73 bits per heavy atom. The van der Waals surface area contributed by atoms with Crippen LogP contribution in [0.1, 0.15) is 30.9 Å². The van der Waals surface area contributed by atoms with E-state index < -0.39 is 0 Å². The van der Waals surface area contributed by atoms with E-state index in [4.69, 9.17) is 9.47 Å². The van der Waals surface area contributed by atoms with Gasteiger partial charge in [-0.2, -0.15) is 0 Å². The Morgan fingerprint density at radius 1 is 1.19 bits per heavy atom. The van der Waals surface area contributed by atoms with E-state index in [1.54, 1.807) is 14.1 Å². The molecular weight excluding hydrogens is 334 g/mol. The van der Waals surface area contributed by atoms with Gasteiger partial charge in [0.2, 0.25) is 5.91 Å². The Kier molecular flexibility index (Phi) is 5.98. The fourth-order valence-electron chi connectivity index (χ4n) is 3.52. The first-order valence-electron chi connectivity index (χ1n) is 9.25. The Labute approximate surface area is 154 Å². The summed E-state index contributed by atoms with van der Waals surface area (Å²) in [5, 5.41) is 2.73. The van der Waals surface area contributed by atoms with Gasteiger partial charge in [0.05, 0.1) is 26.3 Å². The molecule has 2 amide bonds. The second-order valence-electron chi connectivity index (χ2n) is 7.10. The number of ether oxygens (including phenoxy) is 2. The number of nitrogens with one attached hydrogen (secondary N) is 2. The number of rotatable bonds is 5. The van der Waals surface area contributed by atoms with Gasteiger partial charge in [0.1, 0.15) is 6.04 Å². The van der Waals surface area contributed by atoms with E-state index in [-0.39, 0.29) is 24.4 Å². The smallest absolute Gasteiger partial charge is 0.275 e. The first-order valence-corrected chi connectivity index (χ1v) is 9.25. The average Bonchev–Trinajstić information content (AvgIpc) is 2.95. The summed E-state index contributed by atoms with van der Waals surface area (Å²) in [6.45, 7) is 2.72. The zero-order valence-electron chi connectivity index (χ0n) is 15.5. The van der Waals surface area contributed by atoms with Gasteiger partial charge in [0.25, 0.3) is 5.91 Å². The largest absolute Gasteiger partial charge is 0.490 e. The third-order valence-electron chi connectivity index (χ3n) is 4.98. The number of benzene rings is 1. The molecule has 2 aliphatic rings. The molecule has 1 aromatic rings. The zero-order valence-corrected chi connectivity index (χ0v) is 15.5. The van der Waals surface area contributed by atoms with Gasteiger partial charge in [-0.15, -0.1) is 0 Å². The summed E-state index contributed by atoms with van der Waals surface area (Å²) in [6, 6.07) is 6.38. The summed E-state index contributed by atoms with van der Waals surface area (Å²) >= 11 is 0. The van der Waals surface area contributed by atoms with Crippen LogP contribution < -0.4 is 19.7 Å². The van der Waals surface area contributed by atoms with E-state index in [9.17, 15) is 9.59 Å². The van der Waals surface area contributed by atoms with Crippen molar-refractivity contribution in [1.29, 1.82) is 0 Å². The molecule has 0 aliphatic carbocycles. The first-order chi connectivity index (χ1) is 12.5. The number of amides is 2. The number of carbonyl (C=O) groups is 2. The van der Waals surface area contributed by atoms with Crippen LogP contribution >= 0.6 is 0 Å². The molecule has 7 nitrogen and oxygen atoms in total. The van der Waals surface area contributed by atoms with Crippen LogP contribution in [-0.4, -0.2) is 63.7 Å². The lowest BCUT2D eigenvalue weighted by Crippen LogP contribution is -3.11. The van der Waals surface area contributed by atoms with Crippen LogP contribution in [0.3, 0.4) is 0 Å². The predicted molar refractivity (Wildman–Crippen MR) is 96.4 cm³/mol. The van der Waals surface area contributed by atoms with E-state index >= 15 is 0 Å². The van der Waals surface area contributed by atoms with E-state index in [1.165, 1.54) is 15.4 Å². The minimum Gasteiger partial charge on any atom is -0.490 e. The molecule has 2 heterocycles. The highest BCUT2D eigenvalue weighted by Gasteiger charge is 2.32. The van der Waals surface area contributed by atoms with Gasteiger partial charge >= 0.3 is 0 Å². The highest BCUT2D eigenvalue weighted by atomic mass is 16.5. The van der Waals surface area contributed by atoms with Crippen LogP contribution in [0.5, 0.6) is 11.5 Å². The lowest BCUT2D eigenvalue weighted by atomic mass is 10.0. The molecule has 1 aromatic carbocycles. The van der Waals surface area contributed by atoms with E-state index in [2.05, 4.69) is 17.4 Å². The Morgan fingerprint density at radius 2 is 1.96 bits per heavy atom. The molecule has 3 rings (SSSR count). The molecule has 0 spiro atoms. The minimum atomic E-state index is -0.103. The Balaban J connectivity index is 1.62. The summed E-state index contributed by atoms with van der Waals surface area (Å²) in [5.41, 5.74) is 1.18.